The minimum absolute atomic E-state index is 0.145. The van der Waals surface area contributed by atoms with Gasteiger partial charge in [0.2, 0.25) is 0 Å². The third kappa shape index (κ3) is 6.15. The maximum atomic E-state index is 13.6. The van der Waals surface area contributed by atoms with E-state index in [2.05, 4.69) is 26.1 Å². The van der Waals surface area contributed by atoms with Crippen molar-refractivity contribution in [2.45, 2.75) is 58.9 Å². The fraction of sp³-hybridized carbons (Fsp3) is 0.625. The SMILES string of the molecule is Cc1cc(F)c(CCCCCNC(C)(C)C)cc1F. The van der Waals surface area contributed by atoms with Gasteiger partial charge in [-0.05, 0) is 76.8 Å². The topological polar surface area (TPSA) is 12.0 Å². The van der Waals surface area contributed by atoms with Crippen LogP contribution in [0.5, 0.6) is 0 Å². The lowest BCUT2D eigenvalue weighted by atomic mass is 10.0. The normalized spacial score (nSPS) is 11.9. The molecule has 108 valence electrons. The Kier molecular flexibility index (Phi) is 5.92. The average Bonchev–Trinajstić information content (AvgIpc) is 2.28. The third-order valence-corrected chi connectivity index (χ3v) is 3.11. The fourth-order valence-corrected chi connectivity index (χ4v) is 1.96. The van der Waals surface area contributed by atoms with Gasteiger partial charge in [-0.2, -0.15) is 0 Å². The molecule has 0 amide bonds. The van der Waals surface area contributed by atoms with Gasteiger partial charge in [-0.3, -0.25) is 0 Å². The van der Waals surface area contributed by atoms with Crippen LogP contribution in [-0.2, 0) is 6.42 Å². The lowest BCUT2D eigenvalue weighted by molar-refractivity contribution is 0.417. The Bertz CT molecular complexity index is 408. The maximum Gasteiger partial charge on any atom is 0.126 e. The Balaban J connectivity index is 2.28. The molecule has 0 radical (unpaired) electrons. The van der Waals surface area contributed by atoms with Crippen LogP contribution in [0.25, 0.3) is 0 Å². The van der Waals surface area contributed by atoms with Gasteiger partial charge in [0.05, 0.1) is 0 Å². The minimum atomic E-state index is -0.314. The Labute approximate surface area is 115 Å². The summed E-state index contributed by atoms with van der Waals surface area (Å²) in [7, 11) is 0. The highest BCUT2D eigenvalue weighted by Gasteiger charge is 2.08. The maximum absolute atomic E-state index is 13.6. The Morgan fingerprint density at radius 2 is 1.68 bits per heavy atom. The quantitative estimate of drug-likeness (QED) is 0.756. The molecule has 19 heavy (non-hydrogen) atoms. The zero-order chi connectivity index (χ0) is 14.5. The van der Waals surface area contributed by atoms with Crippen molar-refractivity contribution < 1.29 is 8.78 Å². The fourth-order valence-electron chi connectivity index (χ4n) is 1.96. The van der Waals surface area contributed by atoms with Gasteiger partial charge in [-0.15, -0.1) is 0 Å². The summed E-state index contributed by atoms with van der Waals surface area (Å²) in [5.41, 5.74) is 1.01. The highest BCUT2D eigenvalue weighted by Crippen LogP contribution is 2.16. The molecular formula is C16H25F2N. The molecule has 1 aromatic rings. The van der Waals surface area contributed by atoms with E-state index >= 15 is 0 Å². The van der Waals surface area contributed by atoms with Crippen molar-refractivity contribution in [3.63, 3.8) is 0 Å². The lowest BCUT2D eigenvalue weighted by Gasteiger charge is -2.20. The standard InChI is InChI=1S/C16H25F2N/c1-12-10-15(18)13(11-14(12)17)8-6-5-7-9-19-16(2,3)4/h10-11,19H,5-9H2,1-4H3. The number of rotatable bonds is 6. The van der Waals surface area contributed by atoms with Crippen molar-refractivity contribution in [3.05, 3.63) is 34.9 Å². The van der Waals surface area contributed by atoms with Gasteiger partial charge in [-0.25, -0.2) is 8.78 Å². The molecule has 1 aromatic carbocycles. The van der Waals surface area contributed by atoms with Crippen molar-refractivity contribution in [1.82, 2.24) is 5.32 Å². The van der Waals surface area contributed by atoms with Gasteiger partial charge in [-0.1, -0.05) is 6.42 Å². The van der Waals surface area contributed by atoms with Gasteiger partial charge in [0, 0.05) is 5.54 Å². The average molecular weight is 269 g/mol. The molecule has 0 bridgehead atoms. The summed E-state index contributed by atoms with van der Waals surface area (Å²) in [4.78, 5) is 0. The second-order valence-electron chi connectivity index (χ2n) is 6.18. The summed E-state index contributed by atoms with van der Waals surface area (Å²) >= 11 is 0. The summed E-state index contributed by atoms with van der Waals surface area (Å²) in [6, 6.07) is 2.61. The van der Waals surface area contributed by atoms with Crippen LogP contribution in [0.15, 0.2) is 12.1 Å². The van der Waals surface area contributed by atoms with E-state index in [1.807, 2.05) is 0 Å². The number of hydrogen-bond donors (Lipinski definition) is 1. The number of nitrogens with one attached hydrogen (secondary N) is 1. The predicted octanol–water partition coefficient (Wildman–Crippen LogP) is 4.37. The number of benzene rings is 1. The predicted molar refractivity (Wildman–Crippen MR) is 76.4 cm³/mol. The molecular weight excluding hydrogens is 244 g/mol. The highest BCUT2D eigenvalue weighted by atomic mass is 19.1. The number of aryl methyl sites for hydroxylation is 2. The van der Waals surface area contributed by atoms with Crippen LogP contribution in [0, 0.1) is 18.6 Å². The summed E-state index contributed by atoms with van der Waals surface area (Å²) in [5.74, 6) is -0.600. The van der Waals surface area contributed by atoms with Crippen molar-refractivity contribution in [2.75, 3.05) is 6.54 Å². The molecule has 0 aromatic heterocycles. The summed E-state index contributed by atoms with van der Waals surface area (Å²) in [6.45, 7) is 8.96. The highest BCUT2D eigenvalue weighted by molar-refractivity contribution is 5.25. The van der Waals surface area contributed by atoms with Crippen LogP contribution >= 0.6 is 0 Å². The molecule has 0 unspecified atom stereocenters. The van der Waals surface area contributed by atoms with Crippen LogP contribution in [-0.4, -0.2) is 12.1 Å². The number of halogens is 2. The largest absolute Gasteiger partial charge is 0.312 e. The van der Waals surface area contributed by atoms with Crippen molar-refractivity contribution in [3.8, 4) is 0 Å². The minimum Gasteiger partial charge on any atom is -0.312 e. The zero-order valence-corrected chi connectivity index (χ0v) is 12.4. The molecule has 1 rings (SSSR count). The monoisotopic (exact) mass is 269 g/mol. The van der Waals surface area contributed by atoms with E-state index in [1.165, 1.54) is 12.1 Å². The van der Waals surface area contributed by atoms with Gasteiger partial charge >= 0.3 is 0 Å². The molecule has 0 aliphatic rings. The van der Waals surface area contributed by atoms with E-state index in [4.69, 9.17) is 0 Å². The molecule has 0 aliphatic heterocycles. The Morgan fingerprint density at radius 3 is 2.32 bits per heavy atom. The third-order valence-electron chi connectivity index (χ3n) is 3.11. The first-order chi connectivity index (χ1) is 8.79. The molecule has 0 fully saturated rings. The van der Waals surface area contributed by atoms with Crippen LogP contribution < -0.4 is 5.32 Å². The lowest BCUT2D eigenvalue weighted by Crippen LogP contribution is -2.36. The zero-order valence-electron chi connectivity index (χ0n) is 12.4. The molecule has 0 atom stereocenters. The summed E-state index contributed by atoms with van der Waals surface area (Å²) < 4.78 is 26.9. The molecule has 0 aliphatic carbocycles. The Hall–Kier alpha value is -0.960. The molecule has 1 N–H and O–H groups in total. The second-order valence-corrected chi connectivity index (χ2v) is 6.18. The van der Waals surface area contributed by atoms with Gasteiger partial charge < -0.3 is 5.32 Å². The van der Waals surface area contributed by atoms with E-state index in [9.17, 15) is 8.78 Å². The van der Waals surface area contributed by atoms with Crippen LogP contribution in [0.1, 0.15) is 51.2 Å². The van der Waals surface area contributed by atoms with E-state index in [0.29, 0.717) is 17.5 Å². The Morgan fingerprint density at radius 1 is 1.00 bits per heavy atom. The van der Waals surface area contributed by atoms with Crippen LogP contribution in [0.4, 0.5) is 8.78 Å². The van der Waals surface area contributed by atoms with Crippen LogP contribution in [0.3, 0.4) is 0 Å². The molecule has 0 heterocycles. The van der Waals surface area contributed by atoms with Gasteiger partial charge in [0.25, 0.3) is 0 Å². The van der Waals surface area contributed by atoms with Crippen molar-refractivity contribution >= 4 is 0 Å². The summed E-state index contributed by atoms with van der Waals surface area (Å²) in [5, 5.41) is 3.41. The van der Waals surface area contributed by atoms with Gasteiger partial charge in [0.1, 0.15) is 11.6 Å². The molecule has 0 saturated carbocycles. The van der Waals surface area contributed by atoms with E-state index in [1.54, 1.807) is 6.92 Å². The van der Waals surface area contributed by atoms with Crippen molar-refractivity contribution in [2.24, 2.45) is 0 Å². The van der Waals surface area contributed by atoms with E-state index < -0.39 is 0 Å². The van der Waals surface area contributed by atoms with E-state index in [-0.39, 0.29) is 17.2 Å². The molecule has 0 spiro atoms. The smallest absolute Gasteiger partial charge is 0.126 e. The van der Waals surface area contributed by atoms with E-state index in [0.717, 1.165) is 25.8 Å². The van der Waals surface area contributed by atoms with Crippen LogP contribution in [0.2, 0.25) is 0 Å². The molecule has 0 saturated heterocycles. The molecule has 3 heteroatoms. The van der Waals surface area contributed by atoms with Crippen molar-refractivity contribution in [1.29, 1.82) is 0 Å². The summed E-state index contributed by atoms with van der Waals surface area (Å²) in [6.07, 6.45) is 3.59. The first-order valence-corrected chi connectivity index (χ1v) is 6.99. The molecule has 1 nitrogen and oxygen atoms in total. The first kappa shape index (κ1) is 16.1. The number of hydrogen-bond acceptors (Lipinski definition) is 1. The first-order valence-electron chi connectivity index (χ1n) is 6.99. The number of unbranched alkanes of at least 4 members (excludes halogenated alkanes) is 2. The second kappa shape index (κ2) is 6.99. The van der Waals surface area contributed by atoms with Gasteiger partial charge in [0.15, 0.2) is 0 Å².